The highest BCUT2D eigenvalue weighted by atomic mass is 35.7. The van der Waals surface area contributed by atoms with Crippen molar-refractivity contribution < 1.29 is 17.9 Å². The van der Waals surface area contributed by atoms with Crippen LogP contribution in [-0.2, 0) is 13.8 Å². The van der Waals surface area contributed by atoms with Crippen LogP contribution < -0.4 is 5.32 Å². The van der Waals surface area contributed by atoms with Gasteiger partial charge < -0.3 is 10.1 Å². The molecule has 0 saturated heterocycles. The molecule has 1 amide bonds. The summed E-state index contributed by atoms with van der Waals surface area (Å²) in [4.78, 5) is 11.9. The Bertz CT molecular complexity index is 629. The van der Waals surface area contributed by atoms with E-state index in [0.29, 0.717) is 18.7 Å². The van der Waals surface area contributed by atoms with Gasteiger partial charge in [-0.3, -0.25) is 4.79 Å². The van der Waals surface area contributed by atoms with Crippen molar-refractivity contribution in [1.29, 1.82) is 0 Å². The summed E-state index contributed by atoms with van der Waals surface area (Å²) in [6, 6.07) is 2.43. The number of amides is 1. The zero-order valence-corrected chi connectivity index (χ0v) is 14.3. The molecule has 0 bridgehead atoms. The van der Waals surface area contributed by atoms with Gasteiger partial charge in [0.15, 0.2) is 0 Å². The largest absolute Gasteiger partial charge is 0.377 e. The number of rotatable bonds is 6. The zero-order valence-electron chi connectivity index (χ0n) is 11.9. The Balaban J connectivity index is 2.91. The summed E-state index contributed by atoms with van der Waals surface area (Å²) >= 11 is 5.94. The molecule has 0 unspecified atom stereocenters. The third kappa shape index (κ3) is 5.47. The molecule has 0 aliphatic heterocycles. The molecule has 21 heavy (non-hydrogen) atoms. The first-order chi connectivity index (χ1) is 9.62. The van der Waals surface area contributed by atoms with Crippen LogP contribution in [0.15, 0.2) is 17.0 Å². The predicted octanol–water partition coefficient (Wildman–Crippen LogP) is 2.73. The van der Waals surface area contributed by atoms with E-state index in [4.69, 9.17) is 27.0 Å². The fraction of sp³-hybridized carbons (Fsp3) is 0.462. The van der Waals surface area contributed by atoms with Crippen molar-refractivity contribution >= 4 is 37.2 Å². The number of benzene rings is 1. The minimum absolute atomic E-state index is 0.0720. The van der Waals surface area contributed by atoms with Crippen LogP contribution in [-0.4, -0.2) is 33.6 Å². The topological polar surface area (TPSA) is 72.5 Å². The number of nitrogens with one attached hydrogen (secondary N) is 1. The standard InChI is InChI=1S/C13H17Cl2NO4S/c1-8(2)20-5-4-16-13(17)11-6-10(21(15,18)19)7-12(14)9(11)3/h6-8H,4-5H2,1-3H3,(H,16,17). The lowest BCUT2D eigenvalue weighted by Crippen LogP contribution is -2.28. The molecule has 0 spiro atoms. The van der Waals surface area contributed by atoms with Gasteiger partial charge in [-0.05, 0) is 38.5 Å². The molecule has 1 aromatic rings. The molecule has 0 aliphatic rings. The highest BCUT2D eigenvalue weighted by Gasteiger charge is 2.18. The fourth-order valence-electron chi connectivity index (χ4n) is 1.59. The molecule has 118 valence electrons. The smallest absolute Gasteiger partial charge is 0.261 e. The molecular weight excluding hydrogens is 337 g/mol. The van der Waals surface area contributed by atoms with Gasteiger partial charge in [-0.15, -0.1) is 0 Å². The van der Waals surface area contributed by atoms with Gasteiger partial charge >= 0.3 is 0 Å². The van der Waals surface area contributed by atoms with Crippen molar-refractivity contribution in [3.63, 3.8) is 0 Å². The lowest BCUT2D eigenvalue weighted by Gasteiger charge is -2.11. The maximum absolute atomic E-state index is 12.1. The molecule has 8 heteroatoms. The van der Waals surface area contributed by atoms with Crippen LogP contribution in [0.2, 0.25) is 5.02 Å². The van der Waals surface area contributed by atoms with Crippen LogP contribution in [0.5, 0.6) is 0 Å². The molecular formula is C13H17Cl2NO4S. The van der Waals surface area contributed by atoms with Gasteiger partial charge in [0.25, 0.3) is 15.0 Å². The van der Waals surface area contributed by atoms with Gasteiger partial charge in [-0.1, -0.05) is 11.6 Å². The van der Waals surface area contributed by atoms with E-state index in [9.17, 15) is 13.2 Å². The van der Waals surface area contributed by atoms with E-state index in [1.807, 2.05) is 13.8 Å². The quantitative estimate of drug-likeness (QED) is 0.630. The average Bonchev–Trinajstić information content (AvgIpc) is 2.35. The van der Waals surface area contributed by atoms with Crippen molar-refractivity contribution in [1.82, 2.24) is 5.32 Å². The highest BCUT2D eigenvalue weighted by Crippen LogP contribution is 2.26. The van der Waals surface area contributed by atoms with Crippen molar-refractivity contribution in [2.45, 2.75) is 31.8 Å². The molecule has 1 rings (SSSR count). The number of hydrogen-bond acceptors (Lipinski definition) is 4. The van der Waals surface area contributed by atoms with Crippen LogP contribution in [0.25, 0.3) is 0 Å². The van der Waals surface area contributed by atoms with Crippen molar-refractivity contribution in [2.24, 2.45) is 0 Å². The number of hydrogen-bond donors (Lipinski definition) is 1. The van der Waals surface area contributed by atoms with Gasteiger partial charge in [0.05, 0.1) is 17.6 Å². The Labute approximate surface area is 134 Å². The molecule has 0 aliphatic carbocycles. The van der Waals surface area contributed by atoms with Crippen molar-refractivity contribution in [3.05, 3.63) is 28.3 Å². The summed E-state index contributed by atoms with van der Waals surface area (Å²) in [5.41, 5.74) is 0.661. The predicted molar refractivity (Wildman–Crippen MR) is 82.6 cm³/mol. The first-order valence-electron chi connectivity index (χ1n) is 6.27. The molecule has 0 radical (unpaired) electrons. The number of carbonyl (C=O) groups excluding carboxylic acids is 1. The fourth-order valence-corrected chi connectivity index (χ4v) is 2.65. The number of halogens is 2. The first-order valence-corrected chi connectivity index (χ1v) is 8.96. The molecule has 1 aromatic carbocycles. The monoisotopic (exact) mass is 353 g/mol. The zero-order chi connectivity index (χ0) is 16.2. The summed E-state index contributed by atoms with van der Waals surface area (Å²) in [6.45, 7) is 6.09. The van der Waals surface area contributed by atoms with Crippen LogP contribution in [0.3, 0.4) is 0 Å². The Morgan fingerprint density at radius 3 is 2.52 bits per heavy atom. The normalized spacial score (nSPS) is 11.7. The molecule has 0 saturated carbocycles. The van der Waals surface area contributed by atoms with E-state index < -0.39 is 15.0 Å². The SMILES string of the molecule is Cc1c(Cl)cc(S(=O)(=O)Cl)cc1C(=O)NCCOC(C)C. The second-order valence-corrected chi connectivity index (χ2v) is 7.66. The lowest BCUT2D eigenvalue weighted by molar-refractivity contribution is 0.0746. The minimum atomic E-state index is -3.95. The molecule has 0 atom stereocenters. The van der Waals surface area contributed by atoms with Gasteiger partial charge in [0, 0.05) is 27.8 Å². The van der Waals surface area contributed by atoms with Crippen LogP contribution in [0.1, 0.15) is 29.8 Å². The van der Waals surface area contributed by atoms with E-state index in [-0.39, 0.29) is 21.6 Å². The Hall–Kier alpha value is -0.820. The minimum Gasteiger partial charge on any atom is -0.377 e. The molecule has 0 aromatic heterocycles. The third-order valence-electron chi connectivity index (χ3n) is 2.68. The summed E-state index contributed by atoms with van der Waals surface area (Å²) in [7, 11) is 1.33. The Morgan fingerprint density at radius 2 is 2.00 bits per heavy atom. The second kappa shape index (κ2) is 7.45. The van der Waals surface area contributed by atoms with Crippen molar-refractivity contribution in [3.8, 4) is 0 Å². The number of ether oxygens (including phenoxy) is 1. The summed E-state index contributed by atoms with van der Waals surface area (Å²) in [5, 5.41) is 2.81. The van der Waals surface area contributed by atoms with E-state index in [0.717, 1.165) is 0 Å². The van der Waals surface area contributed by atoms with E-state index in [2.05, 4.69) is 5.32 Å². The lowest BCUT2D eigenvalue weighted by atomic mass is 10.1. The van der Waals surface area contributed by atoms with E-state index in [1.54, 1.807) is 6.92 Å². The van der Waals surface area contributed by atoms with E-state index in [1.165, 1.54) is 12.1 Å². The van der Waals surface area contributed by atoms with Crippen LogP contribution in [0, 0.1) is 6.92 Å². The van der Waals surface area contributed by atoms with Crippen LogP contribution in [0.4, 0.5) is 0 Å². The molecule has 1 N–H and O–H groups in total. The van der Waals surface area contributed by atoms with E-state index >= 15 is 0 Å². The number of carbonyl (C=O) groups is 1. The van der Waals surface area contributed by atoms with Crippen LogP contribution >= 0.6 is 22.3 Å². The molecule has 0 fully saturated rings. The van der Waals surface area contributed by atoms with Gasteiger partial charge in [0.2, 0.25) is 0 Å². The highest BCUT2D eigenvalue weighted by molar-refractivity contribution is 8.13. The van der Waals surface area contributed by atoms with Gasteiger partial charge in [0.1, 0.15) is 0 Å². The van der Waals surface area contributed by atoms with Crippen molar-refractivity contribution in [2.75, 3.05) is 13.2 Å². The van der Waals surface area contributed by atoms with Gasteiger partial charge in [-0.25, -0.2) is 8.42 Å². The second-order valence-electron chi connectivity index (χ2n) is 4.69. The summed E-state index contributed by atoms with van der Waals surface area (Å²) in [6.07, 6.45) is 0.0720. The summed E-state index contributed by atoms with van der Waals surface area (Å²) < 4.78 is 28.0. The maximum Gasteiger partial charge on any atom is 0.261 e. The molecule has 5 nitrogen and oxygen atoms in total. The Kier molecular flexibility index (Phi) is 6.46. The summed E-state index contributed by atoms with van der Waals surface area (Å²) in [5.74, 6) is -0.427. The third-order valence-corrected chi connectivity index (χ3v) is 4.41. The van der Waals surface area contributed by atoms with Gasteiger partial charge in [-0.2, -0.15) is 0 Å². The average molecular weight is 354 g/mol. The Morgan fingerprint density at radius 1 is 1.38 bits per heavy atom. The first kappa shape index (κ1) is 18.2. The maximum atomic E-state index is 12.1. The molecule has 0 heterocycles.